The van der Waals surface area contributed by atoms with E-state index in [1.165, 1.54) is 25.1 Å². The second kappa shape index (κ2) is 3.97. The molecule has 0 atom stereocenters. The van der Waals surface area contributed by atoms with E-state index in [2.05, 4.69) is 0 Å². The molecule has 2 N–H and O–H groups in total. The van der Waals surface area contributed by atoms with Crippen LogP contribution in [0.2, 0.25) is 0 Å². The molecule has 1 rings (SSSR count). The highest BCUT2D eigenvalue weighted by molar-refractivity contribution is 5.95. The van der Waals surface area contributed by atoms with Gasteiger partial charge in [-0.2, -0.15) is 0 Å². The molecule has 1 aromatic rings. The van der Waals surface area contributed by atoms with Crippen LogP contribution in [0.15, 0.2) is 18.2 Å². The number of nitrogens with zero attached hydrogens (tertiary/aromatic N) is 1. The van der Waals surface area contributed by atoms with Gasteiger partial charge in [-0.25, -0.2) is 0 Å². The molecule has 0 fully saturated rings. The van der Waals surface area contributed by atoms with Crippen molar-refractivity contribution in [1.82, 2.24) is 0 Å². The van der Waals surface area contributed by atoms with Crippen LogP contribution in [-0.4, -0.2) is 10.7 Å². The predicted octanol–water partition coefficient (Wildman–Crippen LogP) is 1.26. The molecule has 5 nitrogen and oxygen atoms in total. The molecule has 0 saturated carbocycles. The van der Waals surface area contributed by atoms with Crippen molar-refractivity contribution in [1.29, 1.82) is 0 Å². The lowest BCUT2D eigenvalue weighted by molar-refractivity contribution is -0.384. The van der Waals surface area contributed by atoms with E-state index in [1.54, 1.807) is 0 Å². The Morgan fingerprint density at radius 2 is 2.21 bits per heavy atom. The van der Waals surface area contributed by atoms with Gasteiger partial charge in [-0.05, 0) is 18.6 Å². The van der Waals surface area contributed by atoms with Crippen LogP contribution in [0.3, 0.4) is 0 Å². The Morgan fingerprint density at radius 3 is 2.64 bits per heavy atom. The van der Waals surface area contributed by atoms with Gasteiger partial charge in [0, 0.05) is 24.2 Å². The molecule has 0 radical (unpaired) electrons. The van der Waals surface area contributed by atoms with Gasteiger partial charge in [0.1, 0.15) is 0 Å². The van der Waals surface area contributed by atoms with Crippen LogP contribution in [0.4, 0.5) is 5.69 Å². The average molecular weight is 194 g/mol. The smallest absolute Gasteiger partial charge is 0.269 e. The number of non-ortho nitro benzene ring substituents is 1. The Hall–Kier alpha value is -1.75. The first-order valence-corrected chi connectivity index (χ1v) is 4.04. The predicted molar refractivity (Wildman–Crippen MR) is 51.0 cm³/mol. The monoisotopic (exact) mass is 194 g/mol. The fourth-order valence-electron chi connectivity index (χ4n) is 1.21. The third-order valence-corrected chi connectivity index (χ3v) is 1.90. The van der Waals surface area contributed by atoms with Crippen molar-refractivity contribution in [2.24, 2.45) is 5.73 Å². The minimum atomic E-state index is -0.511. The summed E-state index contributed by atoms with van der Waals surface area (Å²) in [5.74, 6) is -0.139. The van der Waals surface area contributed by atoms with Crippen molar-refractivity contribution in [3.63, 3.8) is 0 Å². The number of carbonyl (C=O) groups is 1. The van der Waals surface area contributed by atoms with E-state index in [0.29, 0.717) is 11.1 Å². The zero-order chi connectivity index (χ0) is 10.7. The number of hydrogen-bond donors (Lipinski definition) is 1. The summed E-state index contributed by atoms with van der Waals surface area (Å²) in [5, 5.41) is 10.4. The first-order chi connectivity index (χ1) is 6.56. The Kier molecular flexibility index (Phi) is 2.93. The number of benzene rings is 1. The van der Waals surface area contributed by atoms with Gasteiger partial charge in [-0.15, -0.1) is 0 Å². The summed E-state index contributed by atoms with van der Waals surface area (Å²) in [7, 11) is 0. The number of Topliss-reactive ketones (excluding diaryl/α,β-unsaturated/α-hetero) is 1. The summed E-state index contributed by atoms with van der Waals surface area (Å²) >= 11 is 0. The molecule has 0 heterocycles. The number of carbonyl (C=O) groups excluding carboxylic acids is 1. The quantitative estimate of drug-likeness (QED) is 0.445. The third-order valence-electron chi connectivity index (χ3n) is 1.90. The molecule has 0 amide bonds. The molecule has 14 heavy (non-hydrogen) atoms. The second-order valence-electron chi connectivity index (χ2n) is 2.86. The van der Waals surface area contributed by atoms with Gasteiger partial charge in [-0.3, -0.25) is 14.9 Å². The van der Waals surface area contributed by atoms with Crippen LogP contribution in [0, 0.1) is 10.1 Å². The summed E-state index contributed by atoms with van der Waals surface area (Å²) in [6.45, 7) is 1.52. The molecule has 74 valence electrons. The normalized spacial score (nSPS) is 9.86. The van der Waals surface area contributed by atoms with Crippen LogP contribution in [0.1, 0.15) is 22.8 Å². The minimum absolute atomic E-state index is 0.0459. The highest BCUT2D eigenvalue weighted by Crippen LogP contribution is 2.17. The van der Waals surface area contributed by atoms with Crippen LogP contribution >= 0.6 is 0 Å². The molecule has 0 bridgehead atoms. The minimum Gasteiger partial charge on any atom is -0.326 e. The van der Waals surface area contributed by atoms with Crippen molar-refractivity contribution in [2.75, 3.05) is 0 Å². The van der Waals surface area contributed by atoms with Crippen molar-refractivity contribution in [2.45, 2.75) is 13.5 Å². The van der Waals surface area contributed by atoms with E-state index in [9.17, 15) is 14.9 Å². The van der Waals surface area contributed by atoms with Crippen LogP contribution in [0.5, 0.6) is 0 Å². The molecular formula is C9H10N2O3. The van der Waals surface area contributed by atoms with Gasteiger partial charge in [0.05, 0.1) is 4.92 Å². The maximum absolute atomic E-state index is 11.1. The fraction of sp³-hybridized carbons (Fsp3) is 0.222. The number of rotatable bonds is 3. The van der Waals surface area contributed by atoms with E-state index in [0.717, 1.165) is 0 Å². The lowest BCUT2D eigenvalue weighted by atomic mass is 10.0. The van der Waals surface area contributed by atoms with E-state index < -0.39 is 4.92 Å². The van der Waals surface area contributed by atoms with Crippen LogP contribution < -0.4 is 5.73 Å². The van der Waals surface area contributed by atoms with Gasteiger partial charge >= 0.3 is 0 Å². The topological polar surface area (TPSA) is 86.2 Å². The Bertz CT molecular complexity index is 388. The maximum Gasteiger partial charge on any atom is 0.269 e. The summed E-state index contributed by atoms with van der Waals surface area (Å²) in [4.78, 5) is 21.0. The summed E-state index contributed by atoms with van der Waals surface area (Å²) in [6.07, 6.45) is 0. The molecule has 0 spiro atoms. The molecule has 1 aromatic carbocycles. The standard InChI is InChI=1S/C9H10N2O3/c1-6(12)9-3-2-8(11(13)14)4-7(9)5-10/h2-4H,5,10H2,1H3. The SMILES string of the molecule is CC(=O)c1ccc([N+](=O)[O-])cc1CN. The van der Waals surface area contributed by atoms with Crippen LogP contribution in [0.25, 0.3) is 0 Å². The van der Waals surface area contributed by atoms with Crippen molar-refractivity contribution in [3.8, 4) is 0 Å². The Labute approximate surface area is 80.7 Å². The Balaban J connectivity index is 3.25. The molecule has 0 aliphatic carbocycles. The van der Waals surface area contributed by atoms with Gasteiger partial charge in [0.2, 0.25) is 0 Å². The van der Waals surface area contributed by atoms with Crippen molar-refractivity contribution in [3.05, 3.63) is 39.4 Å². The molecule has 0 aromatic heterocycles. The van der Waals surface area contributed by atoms with Gasteiger partial charge in [0.25, 0.3) is 5.69 Å². The summed E-state index contributed by atoms with van der Waals surface area (Å²) < 4.78 is 0. The van der Waals surface area contributed by atoms with Crippen LogP contribution in [-0.2, 0) is 6.54 Å². The molecule has 0 aliphatic heterocycles. The zero-order valence-electron chi connectivity index (χ0n) is 7.69. The van der Waals surface area contributed by atoms with E-state index in [4.69, 9.17) is 5.73 Å². The lowest BCUT2D eigenvalue weighted by Gasteiger charge is -2.03. The number of nitro benzene ring substituents is 1. The average Bonchev–Trinajstić information content (AvgIpc) is 2.16. The highest BCUT2D eigenvalue weighted by Gasteiger charge is 2.11. The van der Waals surface area contributed by atoms with Gasteiger partial charge in [-0.1, -0.05) is 0 Å². The Morgan fingerprint density at radius 1 is 1.57 bits per heavy atom. The lowest BCUT2D eigenvalue weighted by Crippen LogP contribution is -2.05. The molecule has 5 heteroatoms. The summed E-state index contributed by atoms with van der Waals surface area (Å²) in [6, 6.07) is 4.06. The molecule has 0 saturated heterocycles. The number of nitrogens with two attached hydrogens (primary N) is 1. The molecule has 0 aliphatic rings. The largest absolute Gasteiger partial charge is 0.326 e. The van der Waals surface area contributed by atoms with E-state index in [-0.39, 0.29) is 18.0 Å². The highest BCUT2D eigenvalue weighted by atomic mass is 16.6. The number of ketones is 1. The summed E-state index contributed by atoms with van der Waals surface area (Å²) in [5.41, 5.74) is 6.29. The maximum atomic E-state index is 11.1. The molecular weight excluding hydrogens is 184 g/mol. The number of nitro groups is 1. The van der Waals surface area contributed by atoms with Crippen molar-refractivity contribution >= 4 is 11.5 Å². The van der Waals surface area contributed by atoms with Gasteiger partial charge < -0.3 is 5.73 Å². The fourth-order valence-corrected chi connectivity index (χ4v) is 1.21. The zero-order valence-corrected chi connectivity index (χ0v) is 7.69. The first-order valence-electron chi connectivity index (χ1n) is 4.04. The first kappa shape index (κ1) is 10.3. The number of hydrogen-bond acceptors (Lipinski definition) is 4. The van der Waals surface area contributed by atoms with Crippen molar-refractivity contribution < 1.29 is 9.72 Å². The third kappa shape index (κ3) is 1.94. The van der Waals surface area contributed by atoms with E-state index >= 15 is 0 Å². The van der Waals surface area contributed by atoms with Gasteiger partial charge in [0.15, 0.2) is 5.78 Å². The second-order valence-corrected chi connectivity index (χ2v) is 2.86. The van der Waals surface area contributed by atoms with E-state index in [1.807, 2.05) is 0 Å². The molecule has 0 unspecified atom stereocenters.